The molecule has 1 aliphatic heterocycles. The summed E-state index contributed by atoms with van der Waals surface area (Å²) in [4.78, 5) is 30.9. The van der Waals surface area contributed by atoms with E-state index in [0.717, 1.165) is 12.1 Å². The third-order valence-corrected chi connectivity index (χ3v) is 6.18. The number of hydrogen-bond acceptors (Lipinski definition) is 6. The molecule has 3 heterocycles. The van der Waals surface area contributed by atoms with Gasteiger partial charge in [0, 0.05) is 24.8 Å². The van der Waals surface area contributed by atoms with Gasteiger partial charge in [0.05, 0.1) is 12.3 Å². The van der Waals surface area contributed by atoms with Crippen LogP contribution in [0.4, 0.5) is 5.69 Å². The number of amides is 2. The normalized spacial score (nSPS) is 13.7. The molecule has 166 valence electrons. The number of carbonyl (C=O) groups is 2. The van der Waals surface area contributed by atoms with Gasteiger partial charge in [0.1, 0.15) is 5.82 Å². The Hall–Kier alpha value is -3.20. The number of nitrogens with one attached hydrogen (secondary N) is 1. The van der Waals surface area contributed by atoms with Gasteiger partial charge in [-0.15, -0.1) is 10.2 Å². The maximum Gasteiger partial charge on any atom is 0.234 e. The van der Waals surface area contributed by atoms with Crippen molar-refractivity contribution in [2.75, 3.05) is 17.6 Å². The molecule has 0 radical (unpaired) electrons. The Kier molecular flexibility index (Phi) is 6.84. The number of thioether (sulfide) groups is 1. The minimum atomic E-state index is -0.122. The fourth-order valence-electron chi connectivity index (χ4n) is 3.56. The number of likely N-dealkylation sites (tertiary alicyclic amines) is 1. The first-order chi connectivity index (χ1) is 15.5. The number of anilines is 1. The van der Waals surface area contributed by atoms with Crippen LogP contribution in [0, 0.1) is 0 Å². The number of nitrogens with zero attached hydrogens (tertiary/aromatic N) is 5. The van der Waals surface area contributed by atoms with E-state index in [2.05, 4.69) is 40.4 Å². The van der Waals surface area contributed by atoms with Crippen LogP contribution in [0.3, 0.4) is 0 Å². The van der Waals surface area contributed by atoms with Crippen molar-refractivity contribution in [2.24, 2.45) is 0 Å². The molecular weight excluding hydrogens is 424 g/mol. The van der Waals surface area contributed by atoms with Crippen LogP contribution in [0.2, 0.25) is 0 Å². The van der Waals surface area contributed by atoms with Crippen molar-refractivity contribution in [1.82, 2.24) is 24.6 Å². The van der Waals surface area contributed by atoms with Crippen molar-refractivity contribution in [2.45, 2.75) is 44.3 Å². The zero-order chi connectivity index (χ0) is 22.5. The van der Waals surface area contributed by atoms with E-state index in [9.17, 15) is 9.59 Å². The summed E-state index contributed by atoms with van der Waals surface area (Å²) in [6, 6.07) is 13.5. The van der Waals surface area contributed by atoms with Crippen LogP contribution in [0.1, 0.15) is 44.0 Å². The fourth-order valence-corrected chi connectivity index (χ4v) is 4.32. The smallest absolute Gasteiger partial charge is 0.234 e. The number of rotatable bonds is 8. The number of pyridine rings is 1. The predicted octanol–water partition coefficient (Wildman–Crippen LogP) is 3.64. The van der Waals surface area contributed by atoms with Crippen molar-refractivity contribution < 1.29 is 9.59 Å². The van der Waals surface area contributed by atoms with Gasteiger partial charge in [-0.1, -0.05) is 43.8 Å². The molecule has 9 heteroatoms. The van der Waals surface area contributed by atoms with Crippen LogP contribution >= 0.6 is 11.8 Å². The van der Waals surface area contributed by atoms with Crippen molar-refractivity contribution in [3.63, 3.8) is 0 Å². The van der Waals surface area contributed by atoms with E-state index in [1.807, 2.05) is 41.0 Å². The number of aromatic nitrogens is 4. The van der Waals surface area contributed by atoms with Crippen molar-refractivity contribution in [1.29, 1.82) is 0 Å². The SMILES string of the molecule is CC(C)c1cccc(NC(=O)CSc2nnc(CN3CCCC3=O)n2-c2ccccn2)c1. The Balaban J connectivity index is 1.49. The first-order valence-electron chi connectivity index (χ1n) is 10.7. The molecule has 1 N–H and O–H groups in total. The molecule has 1 saturated heterocycles. The Labute approximate surface area is 191 Å². The lowest BCUT2D eigenvalue weighted by Gasteiger charge is -2.16. The summed E-state index contributed by atoms with van der Waals surface area (Å²) >= 11 is 1.29. The van der Waals surface area contributed by atoms with Gasteiger partial charge >= 0.3 is 0 Å². The maximum absolute atomic E-state index is 12.6. The van der Waals surface area contributed by atoms with E-state index in [1.165, 1.54) is 17.3 Å². The maximum atomic E-state index is 12.6. The minimum Gasteiger partial charge on any atom is -0.335 e. The molecule has 0 atom stereocenters. The van der Waals surface area contributed by atoms with E-state index in [4.69, 9.17) is 0 Å². The molecule has 1 fully saturated rings. The molecule has 0 saturated carbocycles. The van der Waals surface area contributed by atoms with Crippen molar-refractivity contribution in [3.8, 4) is 5.82 Å². The number of hydrogen-bond donors (Lipinski definition) is 1. The van der Waals surface area contributed by atoms with Crippen LogP contribution in [0.15, 0.2) is 53.8 Å². The highest BCUT2D eigenvalue weighted by atomic mass is 32.2. The summed E-state index contributed by atoms with van der Waals surface area (Å²) in [5.74, 6) is 1.86. The molecule has 1 aliphatic rings. The molecule has 2 aromatic heterocycles. The van der Waals surface area contributed by atoms with Gasteiger partial charge in [0.25, 0.3) is 0 Å². The summed E-state index contributed by atoms with van der Waals surface area (Å²) in [5.41, 5.74) is 1.95. The number of carbonyl (C=O) groups excluding carboxylic acids is 2. The van der Waals surface area contributed by atoms with E-state index < -0.39 is 0 Å². The van der Waals surface area contributed by atoms with E-state index in [-0.39, 0.29) is 17.6 Å². The van der Waals surface area contributed by atoms with Crippen molar-refractivity contribution >= 4 is 29.3 Å². The lowest BCUT2D eigenvalue weighted by atomic mass is 10.0. The average molecular weight is 451 g/mol. The van der Waals surface area contributed by atoms with Gasteiger partial charge in [0.2, 0.25) is 11.8 Å². The molecule has 32 heavy (non-hydrogen) atoms. The second-order valence-corrected chi connectivity index (χ2v) is 8.90. The zero-order valence-electron chi connectivity index (χ0n) is 18.2. The van der Waals surface area contributed by atoms with Crippen LogP contribution in [0.5, 0.6) is 0 Å². The summed E-state index contributed by atoms with van der Waals surface area (Å²) in [6.45, 7) is 5.33. The molecule has 0 bridgehead atoms. The van der Waals surface area contributed by atoms with E-state index in [0.29, 0.717) is 42.2 Å². The van der Waals surface area contributed by atoms with Gasteiger partial charge in [-0.2, -0.15) is 0 Å². The second-order valence-electron chi connectivity index (χ2n) is 7.96. The highest BCUT2D eigenvalue weighted by Gasteiger charge is 2.24. The lowest BCUT2D eigenvalue weighted by molar-refractivity contribution is -0.128. The van der Waals surface area contributed by atoms with Gasteiger partial charge < -0.3 is 10.2 Å². The van der Waals surface area contributed by atoms with Crippen LogP contribution < -0.4 is 5.32 Å². The molecule has 1 aromatic carbocycles. The fraction of sp³-hybridized carbons (Fsp3) is 0.348. The lowest BCUT2D eigenvalue weighted by Crippen LogP contribution is -2.26. The van der Waals surface area contributed by atoms with Gasteiger partial charge in [-0.25, -0.2) is 4.98 Å². The molecule has 0 unspecified atom stereocenters. The third kappa shape index (κ3) is 5.16. The Morgan fingerprint density at radius 3 is 2.78 bits per heavy atom. The molecule has 3 aromatic rings. The monoisotopic (exact) mass is 450 g/mol. The second kappa shape index (κ2) is 9.95. The van der Waals surface area contributed by atoms with E-state index >= 15 is 0 Å². The van der Waals surface area contributed by atoms with Crippen LogP contribution in [-0.4, -0.2) is 48.8 Å². The zero-order valence-corrected chi connectivity index (χ0v) is 19.0. The number of benzene rings is 1. The predicted molar refractivity (Wildman–Crippen MR) is 124 cm³/mol. The van der Waals surface area contributed by atoms with Gasteiger partial charge in [0.15, 0.2) is 11.0 Å². The average Bonchev–Trinajstić information content (AvgIpc) is 3.39. The Morgan fingerprint density at radius 1 is 1.19 bits per heavy atom. The minimum absolute atomic E-state index is 0.122. The summed E-state index contributed by atoms with van der Waals surface area (Å²) in [7, 11) is 0. The molecule has 8 nitrogen and oxygen atoms in total. The first kappa shape index (κ1) is 22.0. The van der Waals surface area contributed by atoms with Crippen LogP contribution in [0.25, 0.3) is 5.82 Å². The summed E-state index contributed by atoms with van der Waals surface area (Å²) in [5, 5.41) is 12.1. The van der Waals surface area contributed by atoms with Crippen LogP contribution in [-0.2, 0) is 16.1 Å². The molecule has 0 aliphatic carbocycles. The largest absolute Gasteiger partial charge is 0.335 e. The Morgan fingerprint density at radius 2 is 2.06 bits per heavy atom. The molecule has 2 amide bonds. The quantitative estimate of drug-likeness (QED) is 0.527. The highest BCUT2D eigenvalue weighted by molar-refractivity contribution is 7.99. The molecule has 4 rings (SSSR count). The summed E-state index contributed by atoms with van der Waals surface area (Å²) in [6.07, 6.45) is 3.12. The molecular formula is C23H26N6O2S. The van der Waals surface area contributed by atoms with Crippen molar-refractivity contribution in [3.05, 3.63) is 60.0 Å². The third-order valence-electron chi connectivity index (χ3n) is 5.25. The summed E-state index contributed by atoms with van der Waals surface area (Å²) < 4.78 is 1.82. The highest BCUT2D eigenvalue weighted by Crippen LogP contribution is 2.24. The van der Waals surface area contributed by atoms with Gasteiger partial charge in [-0.05, 0) is 42.2 Å². The molecule has 0 spiro atoms. The van der Waals surface area contributed by atoms with E-state index in [1.54, 1.807) is 11.1 Å². The Bertz CT molecular complexity index is 1100. The first-order valence-corrected chi connectivity index (χ1v) is 11.7. The standard InChI is InChI=1S/C23H26N6O2S/c1-16(2)17-7-5-8-18(13-17)25-21(30)15-32-23-27-26-20(14-28-12-6-10-22(28)31)29(23)19-9-3-4-11-24-19/h3-5,7-9,11,13,16H,6,10,12,14-15H2,1-2H3,(H,25,30). The topological polar surface area (TPSA) is 93.0 Å². The van der Waals surface area contributed by atoms with Gasteiger partial charge in [-0.3, -0.25) is 14.2 Å².